The van der Waals surface area contributed by atoms with Crippen LogP contribution in [0, 0.1) is 0 Å². The summed E-state index contributed by atoms with van der Waals surface area (Å²) in [6.45, 7) is 1.16. The highest BCUT2D eigenvalue weighted by molar-refractivity contribution is 9.11. The molecule has 2 unspecified atom stereocenters. The van der Waals surface area contributed by atoms with Crippen molar-refractivity contribution in [3.05, 3.63) is 27.1 Å². The van der Waals surface area contributed by atoms with E-state index >= 15 is 0 Å². The van der Waals surface area contributed by atoms with E-state index in [2.05, 4.69) is 37.2 Å². The van der Waals surface area contributed by atoms with Gasteiger partial charge in [0, 0.05) is 34.1 Å². The number of halogens is 2. The minimum atomic E-state index is -3.44. The predicted octanol–water partition coefficient (Wildman–Crippen LogP) is 2.73. The number of fused-ring (bicyclic) bond motifs is 2. The van der Waals surface area contributed by atoms with E-state index in [0.29, 0.717) is 34.5 Å². The summed E-state index contributed by atoms with van der Waals surface area (Å²) in [4.78, 5) is 0.338. The van der Waals surface area contributed by atoms with Crippen molar-refractivity contribution in [1.82, 2.24) is 9.62 Å². The monoisotopic (exact) mass is 422 g/mol. The van der Waals surface area contributed by atoms with Crippen LogP contribution in [-0.2, 0) is 10.0 Å². The van der Waals surface area contributed by atoms with Crippen molar-refractivity contribution in [1.29, 1.82) is 0 Å². The van der Waals surface area contributed by atoms with Crippen molar-refractivity contribution in [2.24, 2.45) is 0 Å². The van der Waals surface area contributed by atoms with Gasteiger partial charge < -0.3 is 5.32 Å². The summed E-state index contributed by atoms with van der Waals surface area (Å²) in [7, 11) is -3.44. The second-order valence-electron chi connectivity index (χ2n) is 5.36. The van der Waals surface area contributed by atoms with E-state index in [1.54, 1.807) is 16.4 Å². The average molecular weight is 424 g/mol. The molecule has 2 saturated heterocycles. The Morgan fingerprint density at radius 1 is 1.15 bits per heavy atom. The number of rotatable bonds is 2. The van der Waals surface area contributed by atoms with Crippen LogP contribution in [0.25, 0.3) is 0 Å². The third-order valence-electron chi connectivity index (χ3n) is 4.00. The third-order valence-corrected chi connectivity index (χ3v) is 7.35. The lowest BCUT2D eigenvalue weighted by atomic mass is 10.1. The standard InChI is InChI=1S/C13H16Br2N2O2S/c14-9-1-4-12(15)13(7-9)20(18,19)17-6-5-10-2-3-11(8-17)16-10/h1,4,7,10-11,16H,2-3,5-6,8H2. The van der Waals surface area contributed by atoms with Gasteiger partial charge >= 0.3 is 0 Å². The number of nitrogens with one attached hydrogen (secondary N) is 1. The van der Waals surface area contributed by atoms with Gasteiger partial charge in [-0.25, -0.2) is 8.42 Å². The molecule has 0 saturated carbocycles. The molecule has 3 rings (SSSR count). The summed E-state index contributed by atoms with van der Waals surface area (Å²) < 4.78 is 28.7. The molecule has 0 spiro atoms. The Morgan fingerprint density at radius 3 is 2.70 bits per heavy atom. The fourth-order valence-electron chi connectivity index (χ4n) is 2.94. The Balaban J connectivity index is 1.93. The number of hydrogen-bond acceptors (Lipinski definition) is 3. The fourth-order valence-corrected chi connectivity index (χ4v) is 5.91. The van der Waals surface area contributed by atoms with Crippen LogP contribution < -0.4 is 5.32 Å². The molecule has 20 heavy (non-hydrogen) atoms. The summed E-state index contributed by atoms with van der Waals surface area (Å²) in [6, 6.07) is 6.03. The summed E-state index contributed by atoms with van der Waals surface area (Å²) in [5.74, 6) is 0. The fraction of sp³-hybridized carbons (Fsp3) is 0.538. The first-order chi connectivity index (χ1) is 9.46. The van der Waals surface area contributed by atoms with Crippen LogP contribution in [0.4, 0.5) is 0 Å². The van der Waals surface area contributed by atoms with Gasteiger partial charge in [0.25, 0.3) is 0 Å². The smallest absolute Gasteiger partial charge is 0.244 e. The number of sulfonamides is 1. The van der Waals surface area contributed by atoms with Crippen molar-refractivity contribution in [2.75, 3.05) is 13.1 Å². The minimum Gasteiger partial charge on any atom is -0.310 e. The van der Waals surface area contributed by atoms with Gasteiger partial charge in [-0.1, -0.05) is 15.9 Å². The highest BCUT2D eigenvalue weighted by Crippen LogP contribution is 2.30. The topological polar surface area (TPSA) is 49.4 Å². The zero-order valence-corrected chi connectivity index (χ0v) is 14.8. The Bertz CT molecular complexity index is 621. The van der Waals surface area contributed by atoms with E-state index in [1.807, 2.05) is 6.07 Å². The van der Waals surface area contributed by atoms with Crippen molar-refractivity contribution >= 4 is 41.9 Å². The first kappa shape index (κ1) is 15.0. The lowest BCUT2D eigenvalue weighted by Gasteiger charge is -2.24. The Hall–Kier alpha value is 0.0500. The molecule has 110 valence electrons. The molecule has 0 aliphatic carbocycles. The SMILES string of the molecule is O=S(=O)(c1cc(Br)ccc1Br)N1CCC2CCC(C1)N2. The highest BCUT2D eigenvalue weighted by atomic mass is 79.9. The zero-order valence-electron chi connectivity index (χ0n) is 10.9. The molecule has 1 N–H and O–H groups in total. The molecular weight excluding hydrogens is 408 g/mol. The first-order valence-corrected chi connectivity index (χ1v) is 9.70. The number of nitrogens with zero attached hydrogens (tertiary/aromatic N) is 1. The molecule has 0 aromatic heterocycles. The van der Waals surface area contributed by atoms with Gasteiger partial charge in [0.05, 0.1) is 4.90 Å². The molecule has 7 heteroatoms. The second-order valence-corrected chi connectivity index (χ2v) is 9.04. The van der Waals surface area contributed by atoms with Gasteiger partial charge in [-0.2, -0.15) is 4.31 Å². The number of hydrogen-bond donors (Lipinski definition) is 1. The van der Waals surface area contributed by atoms with E-state index in [0.717, 1.165) is 17.3 Å². The Morgan fingerprint density at radius 2 is 1.90 bits per heavy atom. The van der Waals surface area contributed by atoms with Crippen molar-refractivity contribution in [3.8, 4) is 0 Å². The molecule has 4 nitrogen and oxygen atoms in total. The molecule has 1 aromatic rings. The maximum absolute atomic E-state index is 12.8. The van der Waals surface area contributed by atoms with E-state index in [-0.39, 0.29) is 0 Å². The minimum absolute atomic E-state index is 0.295. The van der Waals surface area contributed by atoms with Crippen molar-refractivity contribution in [2.45, 2.75) is 36.2 Å². The molecule has 2 bridgehead atoms. The molecular formula is C13H16Br2N2O2S. The predicted molar refractivity (Wildman–Crippen MR) is 85.2 cm³/mol. The normalized spacial score (nSPS) is 27.5. The van der Waals surface area contributed by atoms with Crippen LogP contribution in [0.15, 0.2) is 32.0 Å². The quantitative estimate of drug-likeness (QED) is 0.795. The van der Waals surface area contributed by atoms with Crippen LogP contribution in [-0.4, -0.2) is 37.9 Å². The van der Waals surface area contributed by atoms with Crippen LogP contribution in [0.2, 0.25) is 0 Å². The molecule has 2 aliphatic rings. The average Bonchev–Trinajstić information content (AvgIpc) is 2.71. The van der Waals surface area contributed by atoms with E-state index in [1.165, 1.54) is 6.42 Å². The van der Waals surface area contributed by atoms with E-state index < -0.39 is 10.0 Å². The van der Waals surface area contributed by atoms with E-state index in [9.17, 15) is 8.42 Å². The summed E-state index contributed by atoms with van der Waals surface area (Å²) in [5.41, 5.74) is 0. The maximum Gasteiger partial charge on any atom is 0.244 e. The molecule has 0 radical (unpaired) electrons. The molecule has 2 fully saturated rings. The summed E-state index contributed by atoms with van der Waals surface area (Å²) in [6.07, 6.45) is 3.12. The number of benzene rings is 1. The van der Waals surface area contributed by atoms with Crippen LogP contribution in [0.1, 0.15) is 19.3 Å². The third kappa shape index (κ3) is 2.83. The molecule has 2 aliphatic heterocycles. The summed E-state index contributed by atoms with van der Waals surface area (Å²) >= 11 is 6.70. The lowest BCUT2D eigenvalue weighted by Crippen LogP contribution is -2.39. The van der Waals surface area contributed by atoms with Gasteiger partial charge in [0.2, 0.25) is 10.0 Å². The Kier molecular flexibility index (Phi) is 4.25. The molecule has 1 aromatic carbocycles. The second kappa shape index (κ2) is 5.68. The molecule has 0 amide bonds. The lowest BCUT2D eigenvalue weighted by molar-refractivity contribution is 0.383. The van der Waals surface area contributed by atoms with Crippen molar-refractivity contribution in [3.63, 3.8) is 0 Å². The van der Waals surface area contributed by atoms with Gasteiger partial charge in [-0.05, 0) is 53.4 Å². The first-order valence-electron chi connectivity index (χ1n) is 6.68. The summed E-state index contributed by atoms with van der Waals surface area (Å²) in [5, 5.41) is 3.51. The van der Waals surface area contributed by atoms with E-state index in [4.69, 9.17) is 0 Å². The zero-order chi connectivity index (χ0) is 14.3. The van der Waals surface area contributed by atoms with Gasteiger partial charge in [-0.15, -0.1) is 0 Å². The molecule has 2 heterocycles. The van der Waals surface area contributed by atoms with Crippen LogP contribution in [0.5, 0.6) is 0 Å². The van der Waals surface area contributed by atoms with Crippen molar-refractivity contribution < 1.29 is 8.42 Å². The van der Waals surface area contributed by atoms with Gasteiger partial charge in [-0.3, -0.25) is 0 Å². The Labute approximate surface area is 136 Å². The maximum atomic E-state index is 12.8. The van der Waals surface area contributed by atoms with Crippen LogP contribution >= 0.6 is 31.9 Å². The highest BCUT2D eigenvalue weighted by Gasteiger charge is 2.35. The largest absolute Gasteiger partial charge is 0.310 e. The van der Waals surface area contributed by atoms with Gasteiger partial charge in [0.15, 0.2) is 0 Å². The van der Waals surface area contributed by atoms with Crippen LogP contribution in [0.3, 0.4) is 0 Å². The molecule has 2 atom stereocenters. The van der Waals surface area contributed by atoms with Gasteiger partial charge in [0.1, 0.15) is 0 Å².